The summed E-state index contributed by atoms with van der Waals surface area (Å²) in [7, 11) is 0. The van der Waals surface area contributed by atoms with E-state index < -0.39 is 0 Å². The van der Waals surface area contributed by atoms with Gasteiger partial charge in [-0.3, -0.25) is 4.90 Å². The molecule has 0 aromatic carbocycles. The molecule has 3 atom stereocenters. The maximum absolute atomic E-state index is 2.94. The van der Waals surface area contributed by atoms with E-state index in [9.17, 15) is 0 Å². The standard InChI is InChI=1S/C14H25N/c1-11-10-12-6-2-5-9-14(12)15(11)13-7-3-4-8-13/h11-14H,2-10H2,1H3. The van der Waals surface area contributed by atoms with Crippen LogP contribution in [0.1, 0.15) is 64.7 Å². The van der Waals surface area contributed by atoms with E-state index in [4.69, 9.17) is 0 Å². The van der Waals surface area contributed by atoms with Gasteiger partial charge in [-0.2, -0.15) is 0 Å². The molecule has 86 valence electrons. The fourth-order valence-corrected chi connectivity index (χ4v) is 4.58. The Morgan fingerprint density at radius 2 is 1.53 bits per heavy atom. The average Bonchev–Trinajstić information content (AvgIpc) is 2.82. The molecule has 0 amide bonds. The summed E-state index contributed by atoms with van der Waals surface area (Å²) in [4.78, 5) is 2.94. The van der Waals surface area contributed by atoms with Crippen molar-refractivity contribution in [3.63, 3.8) is 0 Å². The Kier molecular flexibility index (Phi) is 2.76. The van der Waals surface area contributed by atoms with E-state index in [2.05, 4.69) is 11.8 Å². The van der Waals surface area contributed by atoms with Crippen molar-refractivity contribution >= 4 is 0 Å². The second-order valence-electron chi connectivity index (χ2n) is 6.08. The molecule has 0 spiro atoms. The summed E-state index contributed by atoms with van der Waals surface area (Å²) < 4.78 is 0. The lowest BCUT2D eigenvalue weighted by Crippen LogP contribution is -2.43. The average molecular weight is 207 g/mol. The first kappa shape index (κ1) is 10.1. The first-order valence-electron chi connectivity index (χ1n) is 7.13. The Morgan fingerprint density at radius 1 is 0.867 bits per heavy atom. The van der Waals surface area contributed by atoms with Crippen LogP contribution in [0.2, 0.25) is 0 Å². The van der Waals surface area contributed by atoms with Crippen molar-refractivity contribution in [2.45, 2.75) is 82.8 Å². The predicted octanol–water partition coefficient (Wildman–Crippen LogP) is 3.58. The molecule has 0 aromatic rings. The smallest absolute Gasteiger partial charge is 0.0130 e. The van der Waals surface area contributed by atoms with Crippen LogP contribution in [0.5, 0.6) is 0 Å². The quantitative estimate of drug-likeness (QED) is 0.635. The van der Waals surface area contributed by atoms with E-state index in [0.29, 0.717) is 0 Å². The van der Waals surface area contributed by atoms with Crippen LogP contribution in [0.15, 0.2) is 0 Å². The van der Waals surface area contributed by atoms with E-state index in [-0.39, 0.29) is 0 Å². The van der Waals surface area contributed by atoms with Crippen molar-refractivity contribution in [3.8, 4) is 0 Å². The van der Waals surface area contributed by atoms with Gasteiger partial charge in [-0.25, -0.2) is 0 Å². The molecular formula is C14H25N. The first-order chi connectivity index (χ1) is 7.36. The molecule has 0 radical (unpaired) electrons. The van der Waals surface area contributed by atoms with Gasteiger partial charge in [0.25, 0.3) is 0 Å². The van der Waals surface area contributed by atoms with Gasteiger partial charge in [0.1, 0.15) is 0 Å². The van der Waals surface area contributed by atoms with Crippen molar-refractivity contribution in [1.29, 1.82) is 0 Å². The molecule has 0 N–H and O–H groups in total. The Morgan fingerprint density at radius 3 is 2.33 bits per heavy atom. The minimum absolute atomic E-state index is 0.890. The van der Waals surface area contributed by atoms with Crippen molar-refractivity contribution in [2.24, 2.45) is 5.92 Å². The molecule has 3 rings (SSSR count). The molecule has 2 saturated carbocycles. The molecule has 1 saturated heterocycles. The van der Waals surface area contributed by atoms with Crippen molar-refractivity contribution in [1.82, 2.24) is 4.90 Å². The van der Waals surface area contributed by atoms with Crippen LogP contribution in [-0.4, -0.2) is 23.0 Å². The SMILES string of the molecule is CC1CC2CCCCC2N1C1CCCC1. The lowest BCUT2D eigenvalue weighted by molar-refractivity contribution is 0.106. The molecule has 0 bridgehead atoms. The molecule has 0 aromatic heterocycles. The zero-order chi connectivity index (χ0) is 10.3. The second kappa shape index (κ2) is 4.08. The van der Waals surface area contributed by atoms with E-state index in [0.717, 1.165) is 24.0 Å². The number of hydrogen-bond acceptors (Lipinski definition) is 1. The summed E-state index contributed by atoms with van der Waals surface area (Å²) in [6.45, 7) is 2.48. The summed E-state index contributed by atoms with van der Waals surface area (Å²) in [6, 6.07) is 2.84. The molecular weight excluding hydrogens is 182 g/mol. The van der Waals surface area contributed by atoms with E-state index in [1.54, 1.807) is 0 Å². The number of fused-ring (bicyclic) bond motifs is 1. The van der Waals surface area contributed by atoms with E-state index in [1.165, 1.54) is 57.8 Å². The van der Waals surface area contributed by atoms with Gasteiger partial charge in [0.05, 0.1) is 0 Å². The van der Waals surface area contributed by atoms with Crippen LogP contribution < -0.4 is 0 Å². The summed E-state index contributed by atoms with van der Waals surface area (Å²) in [5, 5.41) is 0. The third kappa shape index (κ3) is 1.73. The van der Waals surface area contributed by atoms with Gasteiger partial charge in [-0.1, -0.05) is 25.7 Å². The lowest BCUT2D eigenvalue weighted by Gasteiger charge is -2.37. The van der Waals surface area contributed by atoms with Gasteiger partial charge >= 0.3 is 0 Å². The first-order valence-corrected chi connectivity index (χ1v) is 7.13. The summed E-state index contributed by atoms with van der Waals surface area (Å²) in [5.74, 6) is 1.06. The highest BCUT2D eigenvalue weighted by molar-refractivity contribution is 4.97. The van der Waals surface area contributed by atoms with Crippen molar-refractivity contribution in [3.05, 3.63) is 0 Å². The normalized spacial score (nSPS) is 43.4. The molecule has 1 aliphatic heterocycles. The minimum Gasteiger partial charge on any atom is -0.294 e. The maximum atomic E-state index is 2.94. The fraction of sp³-hybridized carbons (Fsp3) is 1.00. The van der Waals surface area contributed by atoms with Crippen molar-refractivity contribution in [2.75, 3.05) is 0 Å². The van der Waals surface area contributed by atoms with Crippen LogP contribution in [0.4, 0.5) is 0 Å². The molecule has 1 heteroatoms. The van der Waals surface area contributed by atoms with Crippen LogP contribution in [-0.2, 0) is 0 Å². The third-order valence-electron chi connectivity index (χ3n) is 5.15. The van der Waals surface area contributed by atoms with Crippen molar-refractivity contribution < 1.29 is 0 Å². The molecule has 3 fully saturated rings. The number of hydrogen-bond donors (Lipinski definition) is 0. The fourth-order valence-electron chi connectivity index (χ4n) is 4.58. The molecule has 1 heterocycles. The zero-order valence-corrected chi connectivity index (χ0v) is 10.1. The Hall–Kier alpha value is -0.0400. The maximum Gasteiger partial charge on any atom is 0.0130 e. The highest BCUT2D eigenvalue weighted by Gasteiger charge is 2.43. The molecule has 15 heavy (non-hydrogen) atoms. The topological polar surface area (TPSA) is 3.24 Å². The highest BCUT2D eigenvalue weighted by atomic mass is 15.2. The van der Waals surface area contributed by atoms with Crippen LogP contribution in [0.3, 0.4) is 0 Å². The van der Waals surface area contributed by atoms with Gasteiger partial charge in [0.2, 0.25) is 0 Å². The largest absolute Gasteiger partial charge is 0.294 e. The van der Waals surface area contributed by atoms with E-state index >= 15 is 0 Å². The van der Waals surface area contributed by atoms with Gasteiger partial charge in [-0.05, 0) is 44.9 Å². The molecule has 3 aliphatic rings. The summed E-state index contributed by atoms with van der Waals surface area (Å²) in [5.41, 5.74) is 0. The zero-order valence-electron chi connectivity index (χ0n) is 10.1. The van der Waals surface area contributed by atoms with Gasteiger partial charge in [0, 0.05) is 18.1 Å². The summed E-state index contributed by atoms with van der Waals surface area (Å²) >= 11 is 0. The number of nitrogens with zero attached hydrogens (tertiary/aromatic N) is 1. The van der Waals surface area contributed by atoms with Gasteiger partial charge < -0.3 is 0 Å². The van der Waals surface area contributed by atoms with Crippen LogP contribution in [0, 0.1) is 5.92 Å². The number of rotatable bonds is 1. The monoisotopic (exact) mass is 207 g/mol. The third-order valence-corrected chi connectivity index (χ3v) is 5.15. The highest BCUT2D eigenvalue weighted by Crippen LogP contribution is 2.43. The Labute approximate surface area is 94.2 Å². The Bertz CT molecular complexity index is 219. The lowest BCUT2D eigenvalue weighted by atomic mass is 9.84. The molecule has 2 aliphatic carbocycles. The minimum atomic E-state index is 0.890. The predicted molar refractivity (Wildman–Crippen MR) is 63.9 cm³/mol. The van der Waals surface area contributed by atoms with Gasteiger partial charge in [0.15, 0.2) is 0 Å². The number of likely N-dealkylation sites (tertiary alicyclic amines) is 1. The molecule has 3 unspecified atom stereocenters. The van der Waals surface area contributed by atoms with Crippen LogP contribution in [0.25, 0.3) is 0 Å². The Balaban J connectivity index is 1.74. The summed E-state index contributed by atoms with van der Waals surface area (Å²) in [6.07, 6.45) is 13.5. The van der Waals surface area contributed by atoms with Crippen LogP contribution >= 0.6 is 0 Å². The van der Waals surface area contributed by atoms with Gasteiger partial charge in [-0.15, -0.1) is 0 Å². The second-order valence-corrected chi connectivity index (χ2v) is 6.08. The van der Waals surface area contributed by atoms with E-state index in [1.807, 2.05) is 0 Å². The molecule has 1 nitrogen and oxygen atoms in total.